The maximum absolute atomic E-state index is 8.89. The molecule has 2 rings (SSSR count). The van der Waals surface area contributed by atoms with Crippen molar-refractivity contribution in [3.8, 4) is 0 Å². The molecule has 0 radical (unpaired) electrons. The lowest BCUT2D eigenvalue weighted by molar-refractivity contribution is 0.171. The zero-order valence-electron chi connectivity index (χ0n) is 9.47. The zero-order chi connectivity index (χ0) is 12.1. The van der Waals surface area contributed by atoms with Crippen LogP contribution in [-0.2, 0) is 6.42 Å². The number of hydrogen-bond donors (Lipinski definition) is 3. The van der Waals surface area contributed by atoms with Crippen molar-refractivity contribution in [3.63, 3.8) is 0 Å². The fraction of sp³-hybridized carbons (Fsp3) is 0.417. The summed E-state index contributed by atoms with van der Waals surface area (Å²) in [6, 6.07) is 5.63. The number of hydrogen-bond acceptors (Lipinski definition) is 5. The third kappa shape index (κ3) is 3.03. The molecule has 92 valence electrons. The van der Waals surface area contributed by atoms with Crippen LogP contribution in [0.1, 0.15) is 5.56 Å². The minimum absolute atomic E-state index is 0.0579. The molecule has 0 amide bonds. The van der Waals surface area contributed by atoms with E-state index in [0.29, 0.717) is 6.54 Å². The summed E-state index contributed by atoms with van der Waals surface area (Å²) < 4.78 is 5.22. The van der Waals surface area contributed by atoms with E-state index in [1.807, 2.05) is 18.2 Å². The molecule has 3 N–H and O–H groups in total. The first-order valence-corrected chi connectivity index (χ1v) is 5.60. The molecule has 0 saturated carbocycles. The first-order chi connectivity index (χ1) is 8.33. The van der Waals surface area contributed by atoms with Crippen LogP contribution in [0.5, 0.6) is 0 Å². The number of oxazole rings is 1. The Kier molecular flexibility index (Phi) is 4.08. The summed E-state index contributed by atoms with van der Waals surface area (Å²) in [6.07, 6.45) is 2.24. The van der Waals surface area contributed by atoms with Crippen LogP contribution < -0.4 is 5.32 Å². The van der Waals surface area contributed by atoms with Gasteiger partial charge in [0.1, 0.15) is 5.52 Å². The number of rotatable bonds is 6. The molecule has 0 aliphatic rings. The van der Waals surface area contributed by atoms with Crippen molar-refractivity contribution in [1.29, 1.82) is 0 Å². The van der Waals surface area contributed by atoms with Crippen molar-refractivity contribution in [2.75, 3.05) is 19.8 Å². The molecule has 5 nitrogen and oxygen atoms in total. The Labute approximate surface area is 99.1 Å². The third-order valence-corrected chi connectivity index (χ3v) is 2.68. The molecule has 2 aromatic rings. The van der Waals surface area contributed by atoms with Crippen LogP contribution >= 0.6 is 0 Å². The molecule has 0 bridgehead atoms. The van der Waals surface area contributed by atoms with Crippen LogP contribution in [0.15, 0.2) is 29.0 Å². The summed E-state index contributed by atoms with van der Waals surface area (Å²) >= 11 is 0. The number of fused-ring (bicyclic) bond motifs is 1. The van der Waals surface area contributed by atoms with Gasteiger partial charge in [0.25, 0.3) is 0 Å². The number of benzene rings is 1. The minimum atomic E-state index is -0.246. The number of aliphatic hydroxyl groups excluding tert-OH is 2. The van der Waals surface area contributed by atoms with Crippen molar-refractivity contribution in [1.82, 2.24) is 10.3 Å². The maximum atomic E-state index is 8.89. The average molecular weight is 236 g/mol. The van der Waals surface area contributed by atoms with Crippen LogP contribution in [0, 0.1) is 0 Å². The number of aliphatic hydroxyl groups is 2. The van der Waals surface area contributed by atoms with Crippen molar-refractivity contribution in [2.45, 2.75) is 12.5 Å². The Bertz CT molecular complexity index is 465. The summed E-state index contributed by atoms with van der Waals surface area (Å²) in [7, 11) is 0. The molecule has 1 aromatic carbocycles. The predicted octanol–water partition coefficient (Wildman–Crippen LogP) is 0.313. The Balaban J connectivity index is 1.90. The van der Waals surface area contributed by atoms with Gasteiger partial charge >= 0.3 is 0 Å². The van der Waals surface area contributed by atoms with E-state index < -0.39 is 0 Å². The molecule has 17 heavy (non-hydrogen) atoms. The topological polar surface area (TPSA) is 78.5 Å². The van der Waals surface area contributed by atoms with Gasteiger partial charge < -0.3 is 19.9 Å². The second-order valence-electron chi connectivity index (χ2n) is 3.92. The van der Waals surface area contributed by atoms with Crippen molar-refractivity contribution < 1.29 is 14.6 Å². The zero-order valence-corrected chi connectivity index (χ0v) is 9.47. The number of nitrogens with zero attached hydrogens (tertiary/aromatic N) is 1. The lowest BCUT2D eigenvalue weighted by Crippen LogP contribution is -2.36. The van der Waals surface area contributed by atoms with Crippen molar-refractivity contribution >= 4 is 11.1 Å². The molecule has 0 unspecified atom stereocenters. The third-order valence-electron chi connectivity index (χ3n) is 2.68. The van der Waals surface area contributed by atoms with Crippen LogP contribution in [0.4, 0.5) is 0 Å². The second-order valence-corrected chi connectivity index (χ2v) is 3.92. The lowest BCUT2D eigenvalue weighted by atomic mass is 10.1. The van der Waals surface area contributed by atoms with E-state index in [4.69, 9.17) is 14.6 Å². The molecule has 5 heteroatoms. The second kappa shape index (κ2) is 5.77. The van der Waals surface area contributed by atoms with Gasteiger partial charge in [-0.2, -0.15) is 0 Å². The van der Waals surface area contributed by atoms with Crippen molar-refractivity contribution in [2.24, 2.45) is 0 Å². The monoisotopic (exact) mass is 236 g/mol. The van der Waals surface area contributed by atoms with Gasteiger partial charge in [-0.25, -0.2) is 4.98 Å². The first kappa shape index (κ1) is 12.0. The van der Waals surface area contributed by atoms with Gasteiger partial charge in [-0.3, -0.25) is 0 Å². The Hall–Kier alpha value is -1.43. The molecule has 0 spiro atoms. The highest BCUT2D eigenvalue weighted by atomic mass is 16.3. The summed E-state index contributed by atoms with van der Waals surface area (Å²) in [4.78, 5) is 4.05. The quantitative estimate of drug-likeness (QED) is 0.673. The molecule has 1 heterocycles. The Morgan fingerprint density at radius 1 is 1.29 bits per heavy atom. The molecular weight excluding hydrogens is 220 g/mol. The van der Waals surface area contributed by atoms with E-state index in [9.17, 15) is 0 Å². The lowest BCUT2D eigenvalue weighted by Gasteiger charge is -2.12. The average Bonchev–Trinajstić information content (AvgIpc) is 2.82. The van der Waals surface area contributed by atoms with E-state index in [0.717, 1.165) is 23.1 Å². The predicted molar refractivity (Wildman–Crippen MR) is 63.7 cm³/mol. The molecule has 0 atom stereocenters. The van der Waals surface area contributed by atoms with Gasteiger partial charge in [-0.05, 0) is 30.7 Å². The summed E-state index contributed by atoms with van der Waals surface area (Å²) in [5.74, 6) is 0. The van der Waals surface area contributed by atoms with Gasteiger partial charge in [0.15, 0.2) is 12.0 Å². The van der Waals surface area contributed by atoms with Crippen LogP contribution in [-0.4, -0.2) is 41.0 Å². The summed E-state index contributed by atoms with van der Waals surface area (Å²) in [6.45, 7) is 0.584. The molecule has 0 aliphatic heterocycles. The molecule has 1 aromatic heterocycles. The van der Waals surface area contributed by atoms with E-state index >= 15 is 0 Å². The SMILES string of the molecule is OCC(CO)NCCc1ccc2ncoc2c1. The van der Waals surface area contributed by atoms with Crippen LogP contribution in [0.3, 0.4) is 0 Å². The van der Waals surface area contributed by atoms with E-state index in [-0.39, 0.29) is 19.3 Å². The fourth-order valence-electron chi connectivity index (χ4n) is 1.66. The highest BCUT2D eigenvalue weighted by Crippen LogP contribution is 2.14. The van der Waals surface area contributed by atoms with Gasteiger partial charge in [0.2, 0.25) is 0 Å². The smallest absolute Gasteiger partial charge is 0.181 e. The number of aromatic nitrogens is 1. The fourth-order valence-corrected chi connectivity index (χ4v) is 1.66. The molecular formula is C12H16N2O3. The standard InChI is InChI=1S/C12H16N2O3/c15-6-10(7-16)13-4-3-9-1-2-11-12(5-9)17-8-14-11/h1-2,5,8,10,13,15-16H,3-4,6-7H2. The Morgan fingerprint density at radius 3 is 2.88 bits per heavy atom. The van der Waals surface area contributed by atoms with E-state index in [1.54, 1.807) is 0 Å². The van der Waals surface area contributed by atoms with Gasteiger partial charge in [-0.15, -0.1) is 0 Å². The summed E-state index contributed by atoms with van der Waals surface area (Å²) in [5, 5.41) is 20.8. The highest BCUT2D eigenvalue weighted by molar-refractivity contribution is 5.72. The van der Waals surface area contributed by atoms with Crippen LogP contribution in [0.2, 0.25) is 0 Å². The first-order valence-electron chi connectivity index (χ1n) is 5.60. The summed E-state index contributed by atoms with van der Waals surface area (Å²) in [5.41, 5.74) is 2.77. The maximum Gasteiger partial charge on any atom is 0.181 e. The highest BCUT2D eigenvalue weighted by Gasteiger charge is 2.04. The van der Waals surface area contributed by atoms with Crippen LogP contribution in [0.25, 0.3) is 11.1 Å². The van der Waals surface area contributed by atoms with E-state index in [1.165, 1.54) is 6.39 Å². The minimum Gasteiger partial charge on any atom is -0.443 e. The van der Waals surface area contributed by atoms with E-state index in [2.05, 4.69) is 10.3 Å². The van der Waals surface area contributed by atoms with Gasteiger partial charge in [0, 0.05) is 0 Å². The molecule has 0 fully saturated rings. The number of nitrogens with one attached hydrogen (secondary N) is 1. The normalized spacial score (nSPS) is 11.5. The largest absolute Gasteiger partial charge is 0.443 e. The van der Waals surface area contributed by atoms with Crippen molar-refractivity contribution in [3.05, 3.63) is 30.2 Å². The molecule has 0 aliphatic carbocycles. The Morgan fingerprint density at radius 2 is 2.12 bits per heavy atom. The molecule has 0 saturated heterocycles. The van der Waals surface area contributed by atoms with Gasteiger partial charge in [-0.1, -0.05) is 6.07 Å². The van der Waals surface area contributed by atoms with Gasteiger partial charge in [0.05, 0.1) is 19.3 Å².